The van der Waals surface area contributed by atoms with E-state index in [2.05, 4.69) is 54.5 Å². The SMILES string of the molecule is CC(C)[C@@H](C)CC[C@@H](C)[C@H]1CC[C@H]2[C@@H]3CC=C4CC(O)CC[C@]4(C)[C@H]3CC[C@]12C.CCCCCCCCCCCCCCC[C]=O. The number of aliphatic hydroxyl groups is 1. The van der Waals surface area contributed by atoms with Crippen molar-refractivity contribution in [2.75, 3.05) is 0 Å². The molecule has 0 aromatic heterocycles. The van der Waals surface area contributed by atoms with Crippen molar-refractivity contribution >= 4 is 6.29 Å². The summed E-state index contributed by atoms with van der Waals surface area (Å²) in [4.78, 5) is 9.98. The third-order valence-electron chi connectivity index (χ3n) is 14.4. The molecule has 4 aliphatic rings. The summed E-state index contributed by atoms with van der Waals surface area (Å²) in [7, 11) is 0. The van der Waals surface area contributed by atoms with Gasteiger partial charge in [0.15, 0.2) is 6.29 Å². The molecule has 0 saturated heterocycles. The normalized spacial score (nSPS) is 33.2. The molecule has 0 heterocycles. The molecule has 0 aromatic rings. The Bertz CT molecular complexity index is 875. The third kappa shape index (κ3) is 10.9. The predicted molar refractivity (Wildman–Crippen MR) is 200 cm³/mol. The third-order valence-corrected chi connectivity index (χ3v) is 14.4. The molecule has 0 aliphatic heterocycles. The smallest absolute Gasteiger partial charge is 0.198 e. The van der Waals surface area contributed by atoms with Gasteiger partial charge in [-0.25, -0.2) is 0 Å². The van der Waals surface area contributed by atoms with Gasteiger partial charge in [-0.05, 0) is 110 Å². The first-order chi connectivity index (χ1) is 22.1. The fraction of sp³-hybridized carbons (Fsp3) is 0.932. The quantitative estimate of drug-likeness (QED) is 0.113. The van der Waals surface area contributed by atoms with Crippen molar-refractivity contribution in [1.82, 2.24) is 0 Å². The number of hydrogen-bond donors (Lipinski definition) is 1. The van der Waals surface area contributed by atoms with E-state index < -0.39 is 0 Å². The van der Waals surface area contributed by atoms with Crippen molar-refractivity contribution in [1.29, 1.82) is 0 Å². The lowest BCUT2D eigenvalue weighted by Gasteiger charge is -2.58. The number of aliphatic hydroxyl groups excluding tert-OH is 1. The Morgan fingerprint density at radius 3 is 1.98 bits per heavy atom. The zero-order chi connectivity index (χ0) is 33.6. The van der Waals surface area contributed by atoms with E-state index in [1.54, 1.807) is 5.57 Å². The molecule has 46 heavy (non-hydrogen) atoms. The zero-order valence-electron chi connectivity index (χ0n) is 32.0. The second kappa shape index (κ2) is 20.1. The molecule has 0 aromatic carbocycles. The van der Waals surface area contributed by atoms with Crippen molar-refractivity contribution in [3.05, 3.63) is 11.6 Å². The van der Waals surface area contributed by atoms with E-state index in [-0.39, 0.29) is 6.10 Å². The summed E-state index contributed by atoms with van der Waals surface area (Å²) < 4.78 is 0. The highest BCUT2D eigenvalue weighted by atomic mass is 16.3. The van der Waals surface area contributed by atoms with Crippen LogP contribution in [0.3, 0.4) is 0 Å². The summed E-state index contributed by atoms with van der Waals surface area (Å²) in [6.45, 7) is 17.3. The Morgan fingerprint density at radius 2 is 1.39 bits per heavy atom. The maximum Gasteiger partial charge on any atom is 0.198 e. The molecule has 3 fully saturated rings. The van der Waals surface area contributed by atoms with Crippen LogP contribution < -0.4 is 0 Å². The molecule has 9 atom stereocenters. The average molecular weight is 640 g/mol. The Morgan fingerprint density at radius 1 is 0.783 bits per heavy atom. The standard InChI is InChI=1S/C28H48O.C16H31O/c1-18(2)19(3)7-8-20(4)24-11-12-25-23-10-9-21-17-22(29)13-15-27(21,5)26(23)14-16-28(24,25)6;1-2-3-4-5-6-7-8-9-10-11-12-13-14-15-16-17/h9,18-20,22-26,29H,7-8,10-17H2,1-6H3;2-15H2,1H3/t19-,20+,22?,23-,24+,25-,26-,27-,28+;/m0./s1. The van der Waals surface area contributed by atoms with Crippen molar-refractivity contribution in [3.8, 4) is 0 Å². The lowest BCUT2D eigenvalue weighted by atomic mass is 9.47. The summed E-state index contributed by atoms with van der Waals surface area (Å²) >= 11 is 0. The minimum absolute atomic E-state index is 0.0790. The van der Waals surface area contributed by atoms with Gasteiger partial charge in [0.2, 0.25) is 0 Å². The molecular formula is C44H79O2. The lowest BCUT2D eigenvalue weighted by Crippen LogP contribution is -2.50. The summed E-state index contributed by atoms with van der Waals surface area (Å²) in [5.41, 5.74) is 2.59. The molecule has 4 rings (SSSR count). The molecule has 1 unspecified atom stereocenters. The molecule has 267 valence electrons. The zero-order valence-corrected chi connectivity index (χ0v) is 32.0. The minimum atomic E-state index is -0.0790. The molecule has 2 nitrogen and oxygen atoms in total. The van der Waals surface area contributed by atoms with E-state index in [1.165, 1.54) is 128 Å². The van der Waals surface area contributed by atoms with Gasteiger partial charge >= 0.3 is 0 Å². The number of allylic oxidation sites excluding steroid dienone is 1. The molecule has 1 N–H and O–H groups in total. The van der Waals surface area contributed by atoms with Gasteiger partial charge in [-0.1, -0.05) is 150 Å². The van der Waals surface area contributed by atoms with Crippen LogP contribution in [0.1, 0.15) is 203 Å². The number of fused-ring (bicyclic) bond motifs is 5. The fourth-order valence-electron chi connectivity index (χ4n) is 10.9. The Balaban J connectivity index is 0.000000292. The topological polar surface area (TPSA) is 37.3 Å². The van der Waals surface area contributed by atoms with E-state index >= 15 is 0 Å². The van der Waals surface area contributed by atoms with Crippen molar-refractivity contribution in [2.24, 2.45) is 52.3 Å². The minimum Gasteiger partial charge on any atom is -0.393 e. The lowest BCUT2D eigenvalue weighted by molar-refractivity contribution is -0.0574. The molecule has 0 spiro atoms. The highest BCUT2D eigenvalue weighted by molar-refractivity contribution is 5.50. The molecule has 4 aliphatic carbocycles. The molecule has 2 heteroatoms. The first-order valence-electron chi connectivity index (χ1n) is 20.8. The van der Waals surface area contributed by atoms with E-state index in [9.17, 15) is 9.90 Å². The Labute approximate surface area is 288 Å². The van der Waals surface area contributed by atoms with Crippen LogP contribution in [0, 0.1) is 52.3 Å². The van der Waals surface area contributed by atoms with E-state index in [1.807, 2.05) is 6.29 Å². The highest BCUT2D eigenvalue weighted by Crippen LogP contribution is 2.67. The van der Waals surface area contributed by atoms with Crippen LogP contribution in [0.15, 0.2) is 11.6 Å². The van der Waals surface area contributed by atoms with Crippen molar-refractivity contribution in [2.45, 2.75) is 209 Å². The monoisotopic (exact) mass is 640 g/mol. The first kappa shape index (κ1) is 39.8. The second-order valence-corrected chi connectivity index (χ2v) is 17.8. The number of rotatable bonds is 19. The number of hydrogen-bond acceptors (Lipinski definition) is 2. The maximum absolute atomic E-state index is 10.2. The van der Waals surface area contributed by atoms with Crippen LogP contribution in [0.25, 0.3) is 0 Å². The highest BCUT2D eigenvalue weighted by Gasteiger charge is 2.59. The summed E-state index contributed by atoms with van der Waals surface area (Å²) in [5, 5.41) is 10.2. The van der Waals surface area contributed by atoms with Crippen LogP contribution >= 0.6 is 0 Å². The van der Waals surface area contributed by atoms with Gasteiger partial charge in [0.1, 0.15) is 0 Å². The number of unbranched alkanes of at least 4 members (excludes halogenated alkanes) is 13. The first-order valence-corrected chi connectivity index (χ1v) is 20.8. The predicted octanol–water partition coefficient (Wildman–Crippen LogP) is 13.2. The van der Waals surface area contributed by atoms with Crippen LogP contribution in [0.5, 0.6) is 0 Å². The van der Waals surface area contributed by atoms with Gasteiger partial charge in [-0.3, -0.25) is 4.79 Å². The van der Waals surface area contributed by atoms with Crippen LogP contribution in [-0.2, 0) is 4.79 Å². The second-order valence-electron chi connectivity index (χ2n) is 17.8. The largest absolute Gasteiger partial charge is 0.393 e. The van der Waals surface area contributed by atoms with E-state index in [4.69, 9.17) is 0 Å². The molecule has 0 bridgehead atoms. The maximum atomic E-state index is 10.2. The summed E-state index contributed by atoms with van der Waals surface area (Å²) in [5.74, 6) is 6.24. The van der Waals surface area contributed by atoms with Gasteiger partial charge in [0.05, 0.1) is 6.10 Å². The molecule has 3 saturated carbocycles. The average Bonchev–Trinajstić information content (AvgIpc) is 3.40. The van der Waals surface area contributed by atoms with Gasteiger partial charge in [0.25, 0.3) is 0 Å². The summed E-state index contributed by atoms with van der Waals surface area (Å²) in [6.07, 6.45) is 36.0. The van der Waals surface area contributed by atoms with E-state index in [0.717, 1.165) is 60.7 Å². The Kier molecular flexibility index (Phi) is 17.4. The van der Waals surface area contributed by atoms with Crippen molar-refractivity contribution < 1.29 is 9.90 Å². The fourth-order valence-corrected chi connectivity index (χ4v) is 10.9. The van der Waals surface area contributed by atoms with Crippen molar-refractivity contribution in [3.63, 3.8) is 0 Å². The molecule has 0 amide bonds. The van der Waals surface area contributed by atoms with E-state index in [0.29, 0.717) is 17.3 Å². The number of carbonyl (C=O) groups excluding carboxylic acids is 1. The van der Waals surface area contributed by atoms with Crippen LogP contribution in [0.2, 0.25) is 0 Å². The van der Waals surface area contributed by atoms with Crippen LogP contribution in [-0.4, -0.2) is 17.5 Å². The van der Waals surface area contributed by atoms with Gasteiger partial charge in [0, 0.05) is 6.42 Å². The van der Waals surface area contributed by atoms with Gasteiger partial charge in [-0.2, -0.15) is 0 Å². The Hall–Kier alpha value is -0.630. The van der Waals surface area contributed by atoms with Crippen LogP contribution in [0.4, 0.5) is 0 Å². The molecule has 1 radical (unpaired) electrons. The van der Waals surface area contributed by atoms with Gasteiger partial charge in [-0.15, -0.1) is 0 Å². The van der Waals surface area contributed by atoms with Gasteiger partial charge < -0.3 is 5.11 Å². The molecular weight excluding hydrogens is 560 g/mol. The summed E-state index contributed by atoms with van der Waals surface area (Å²) in [6, 6.07) is 0.